The Morgan fingerprint density at radius 2 is 0.429 bits per heavy atom. The number of para-hydroxylation sites is 6. The van der Waals surface area contributed by atoms with Crippen molar-refractivity contribution in [1.29, 1.82) is 0 Å². The molecule has 1 aliphatic carbocycles. The van der Waals surface area contributed by atoms with E-state index in [1.165, 1.54) is 121 Å². The normalized spacial score (nSPS) is 13.3. The van der Waals surface area contributed by atoms with Gasteiger partial charge in [-0.2, -0.15) is 0 Å². The minimum absolute atomic E-state index is 0.377. The Bertz CT molecular complexity index is 3840. The second-order valence-electron chi connectivity index (χ2n) is 30.3. The third-order valence-corrected chi connectivity index (χ3v) is 18.7. The van der Waals surface area contributed by atoms with Gasteiger partial charge in [0.2, 0.25) is 0 Å². The van der Waals surface area contributed by atoms with Gasteiger partial charge in [0.1, 0.15) is 0 Å². The fourth-order valence-electron chi connectivity index (χ4n) is 13.0. The Morgan fingerprint density at radius 1 is 0.257 bits per heavy atom. The molecule has 9 rings (SSSR count). The summed E-state index contributed by atoms with van der Waals surface area (Å²) in [6.45, 7) is 57.9. The average molecular weight is 1940 g/mol. The first-order chi connectivity index (χ1) is 49.7. The van der Waals surface area contributed by atoms with E-state index in [2.05, 4.69) is 411 Å². The summed E-state index contributed by atoms with van der Waals surface area (Å²) in [5.41, 5.74) is 28.5. The van der Waals surface area contributed by atoms with Crippen LogP contribution in [0.15, 0.2) is 176 Å². The first-order valence-corrected chi connectivity index (χ1v) is 51.5. The third-order valence-electron chi connectivity index (χ3n) is 18.7. The summed E-state index contributed by atoms with van der Waals surface area (Å²) < 4.78 is 0. The number of benzene rings is 8. The second kappa shape index (κ2) is 46.9. The molecule has 0 N–H and O–H groups in total. The molecule has 578 valence electrons. The maximum absolute atomic E-state index is 5.55. The van der Waals surface area contributed by atoms with E-state index < -0.39 is 0 Å². The SMILES string of the molecule is CC(=Nc1c(C(C)C)cccc1C(C)C)C(C)=Nc1c(C(C)C)cccc1C(C)C.CC(C)c1cccc(C(C)C)c1N=C1C(=Nc2c(C(C)C)cccc2C(C)C)c2cccc3cccc1c23.CC(C)c1cccc(C(C)C)c1N=CC=Nc1c(C(C)C)cccc1C(C)C.[Br][Ni][Br].[Br][Ni][Br].[Br][Ni][Br]. The van der Waals surface area contributed by atoms with Gasteiger partial charge in [0.15, 0.2) is 0 Å². The minimum atomic E-state index is 0.377. The molecule has 0 unspecified atom stereocenters. The number of hydrogen-bond donors (Lipinski definition) is 0. The summed E-state index contributed by atoms with van der Waals surface area (Å²) in [4.78, 5) is 31.0. The van der Waals surface area contributed by atoms with Crippen molar-refractivity contribution in [3.05, 3.63) is 223 Å². The second-order valence-corrected chi connectivity index (χ2v) is 45.2. The van der Waals surface area contributed by atoms with Gasteiger partial charge in [-0.1, -0.05) is 312 Å². The molecule has 6 nitrogen and oxygen atoms in total. The van der Waals surface area contributed by atoms with Crippen LogP contribution >= 0.6 is 85.4 Å². The molecule has 0 saturated heterocycles. The Morgan fingerprint density at radius 3 is 0.619 bits per heavy atom. The summed E-state index contributed by atoms with van der Waals surface area (Å²) in [5, 5.41) is 2.49. The zero-order chi connectivity index (χ0) is 78.7. The van der Waals surface area contributed by atoms with Gasteiger partial charge in [-0.15, -0.1) is 0 Å². The van der Waals surface area contributed by atoms with Crippen molar-refractivity contribution in [1.82, 2.24) is 0 Å². The van der Waals surface area contributed by atoms with Crippen LogP contribution in [0.2, 0.25) is 0 Å². The predicted octanol–water partition coefficient (Wildman–Crippen LogP) is 33.0. The van der Waals surface area contributed by atoms with E-state index in [0.29, 0.717) is 71.0 Å². The van der Waals surface area contributed by atoms with Crippen LogP contribution in [0.3, 0.4) is 0 Å². The van der Waals surface area contributed by atoms with Crippen molar-refractivity contribution in [3.8, 4) is 0 Å². The van der Waals surface area contributed by atoms with Crippen LogP contribution < -0.4 is 0 Å². The van der Waals surface area contributed by atoms with E-state index in [1.807, 2.05) is 12.4 Å². The molecule has 105 heavy (non-hydrogen) atoms. The molecule has 8 aromatic carbocycles. The Balaban J connectivity index is 0.000000319. The quantitative estimate of drug-likeness (QED) is 0.0539. The van der Waals surface area contributed by atoms with Crippen molar-refractivity contribution in [2.24, 2.45) is 30.0 Å². The first kappa shape index (κ1) is 93.8. The summed E-state index contributed by atoms with van der Waals surface area (Å²) in [5.74, 6) is 5.00. The van der Waals surface area contributed by atoms with Gasteiger partial charge in [-0.25, -0.2) is 9.98 Å². The van der Waals surface area contributed by atoms with Gasteiger partial charge in [-0.3, -0.25) is 20.0 Å². The van der Waals surface area contributed by atoms with E-state index in [-0.39, 0.29) is 0 Å². The van der Waals surface area contributed by atoms with Gasteiger partial charge in [0, 0.05) is 28.9 Å². The monoisotopic (exact) mass is 1930 g/mol. The van der Waals surface area contributed by atoms with Crippen molar-refractivity contribution in [2.75, 3.05) is 0 Å². The summed E-state index contributed by atoms with van der Waals surface area (Å²) in [6, 6.07) is 52.6. The van der Waals surface area contributed by atoms with Gasteiger partial charge >= 0.3 is 118 Å². The topological polar surface area (TPSA) is 74.2 Å². The number of aliphatic imine (C=N–C) groups is 6. The number of nitrogens with zero attached hydrogens (tertiary/aromatic N) is 6. The average Bonchev–Trinajstić information content (AvgIpc) is 1.59. The van der Waals surface area contributed by atoms with Gasteiger partial charge < -0.3 is 0 Å². The molecule has 0 atom stereocenters. The molecular weight excluding hydrogens is 1820 g/mol. The van der Waals surface area contributed by atoms with E-state index in [0.717, 1.165) is 57.0 Å². The number of rotatable bonds is 20. The predicted molar refractivity (Wildman–Crippen MR) is 479 cm³/mol. The molecular formula is C90H116Br6N6Ni3. The zero-order valence-corrected chi connectivity index (χ0v) is 79.3. The summed E-state index contributed by atoms with van der Waals surface area (Å²) in [7, 11) is 3.75. The maximum atomic E-state index is 5.55. The van der Waals surface area contributed by atoms with Crippen LogP contribution in [0.25, 0.3) is 10.8 Å². The van der Waals surface area contributed by atoms with Gasteiger partial charge in [0.25, 0.3) is 0 Å². The molecule has 0 fully saturated rings. The molecule has 8 aromatic rings. The Labute approximate surface area is 695 Å². The zero-order valence-electron chi connectivity index (χ0n) is 66.8. The van der Waals surface area contributed by atoms with Crippen molar-refractivity contribution < 1.29 is 32.7 Å². The molecule has 0 aromatic heterocycles. The Kier molecular flexibility index (Phi) is 41.9. The molecule has 0 radical (unpaired) electrons. The molecule has 0 spiro atoms. The van der Waals surface area contributed by atoms with Crippen molar-refractivity contribution >= 4 is 166 Å². The van der Waals surface area contributed by atoms with Crippen LogP contribution in [0, 0.1) is 0 Å². The van der Waals surface area contributed by atoms with Gasteiger partial charge in [0.05, 0.1) is 57.0 Å². The standard InChI is InChI=1S/C36H40N2.C28H40N2.C26H36N2.6BrH.3Ni/c1-21(2)26-15-11-16-27(22(3)4)33(26)37-35-30-19-9-13-25-14-10-20-31(32(25)30)36(35)38-34-28(23(5)6)17-12-18-29(34)24(7)8;1-17(2)23-13-11-14-24(18(3)4)27(23)29-21(9)22(10)30-28-25(19(5)6)15-12-16-26(28)20(7)8;1-17(2)21-11-9-12-22(18(3)4)25(21)27-15-16-28-26-23(19(5)6)13-10-14-24(26)20(7)8;;;;;;;;;/h9-24H,1-8H3;11-20H,1-10H3;9-20H,1-8H3;6*1H;;;/q;;;;;;;;;3*+2/p-6. The first-order valence-electron chi connectivity index (χ1n) is 36.8. The van der Waals surface area contributed by atoms with Crippen molar-refractivity contribution in [2.45, 2.75) is 251 Å². The fourth-order valence-corrected chi connectivity index (χ4v) is 13.0. The molecule has 0 saturated carbocycles. The molecule has 1 aliphatic rings. The van der Waals surface area contributed by atoms with Crippen LogP contribution in [0.4, 0.5) is 34.1 Å². The fraction of sp³-hybridized carbons (Fsp3) is 0.422. The van der Waals surface area contributed by atoms with Crippen LogP contribution in [0.5, 0.6) is 0 Å². The molecule has 0 amide bonds. The third kappa shape index (κ3) is 26.5. The molecule has 0 bridgehead atoms. The van der Waals surface area contributed by atoms with Crippen LogP contribution in [0.1, 0.15) is 329 Å². The molecule has 15 heteroatoms. The van der Waals surface area contributed by atoms with Crippen LogP contribution in [-0.4, -0.2) is 35.3 Å². The Hall–Kier alpha value is -3.60. The van der Waals surface area contributed by atoms with E-state index in [4.69, 9.17) is 30.0 Å². The summed E-state index contributed by atoms with van der Waals surface area (Å²) >= 11 is 18.0. The molecule has 0 aliphatic heterocycles. The molecule has 0 heterocycles. The van der Waals surface area contributed by atoms with E-state index >= 15 is 0 Å². The van der Waals surface area contributed by atoms with E-state index in [1.54, 1.807) is 0 Å². The van der Waals surface area contributed by atoms with Crippen molar-refractivity contribution in [3.63, 3.8) is 0 Å². The summed E-state index contributed by atoms with van der Waals surface area (Å²) in [6.07, 6.45) is 3.71. The van der Waals surface area contributed by atoms with E-state index in [9.17, 15) is 0 Å². The van der Waals surface area contributed by atoms with Crippen LogP contribution in [-0.2, 0) is 32.7 Å². The number of hydrogen-bond acceptors (Lipinski definition) is 6. The number of halogens is 6. The van der Waals surface area contributed by atoms with Gasteiger partial charge in [-0.05, 0) is 157 Å².